The molecule has 1 heteroatoms. The highest BCUT2D eigenvalue weighted by atomic mass is 16.1. The van der Waals surface area contributed by atoms with Crippen LogP contribution >= 0.6 is 0 Å². The molecule has 0 saturated carbocycles. The van der Waals surface area contributed by atoms with Crippen molar-refractivity contribution in [2.24, 2.45) is 11.8 Å². The van der Waals surface area contributed by atoms with E-state index < -0.39 is 0 Å². The molecule has 0 spiro atoms. The smallest absolute Gasteiger partial charge is 0.163 e. The minimum atomic E-state index is 0.140. The van der Waals surface area contributed by atoms with Gasteiger partial charge in [0.25, 0.3) is 0 Å². The predicted molar refractivity (Wildman–Crippen MR) is 83.7 cm³/mol. The van der Waals surface area contributed by atoms with Crippen molar-refractivity contribution in [3.05, 3.63) is 69.7 Å². The summed E-state index contributed by atoms with van der Waals surface area (Å²) in [6.45, 7) is 0. The van der Waals surface area contributed by atoms with Crippen molar-refractivity contribution < 1.29 is 4.79 Å². The zero-order valence-electron chi connectivity index (χ0n) is 11.8. The monoisotopic (exact) mass is 272 g/mol. The highest BCUT2D eigenvalue weighted by Gasteiger charge is 2.40. The highest BCUT2D eigenvalue weighted by Crippen LogP contribution is 2.48. The van der Waals surface area contributed by atoms with E-state index in [9.17, 15) is 4.79 Å². The van der Waals surface area contributed by atoms with Crippen LogP contribution in [0, 0.1) is 11.8 Å². The second kappa shape index (κ2) is 3.94. The maximum absolute atomic E-state index is 12.5. The van der Waals surface area contributed by atoms with Crippen LogP contribution in [-0.4, -0.2) is 5.78 Å². The van der Waals surface area contributed by atoms with Gasteiger partial charge in [-0.05, 0) is 58.1 Å². The molecule has 5 rings (SSSR count). The highest BCUT2D eigenvalue weighted by molar-refractivity contribution is 6.01. The van der Waals surface area contributed by atoms with E-state index in [1.165, 1.54) is 32.7 Å². The average Bonchev–Trinajstić information content (AvgIpc) is 2.53. The maximum atomic E-state index is 12.5. The molecule has 0 aliphatic heterocycles. The van der Waals surface area contributed by atoms with E-state index in [1.807, 2.05) is 6.08 Å². The van der Waals surface area contributed by atoms with Crippen LogP contribution in [0.5, 0.6) is 0 Å². The third-order valence-electron chi connectivity index (χ3n) is 5.35. The number of carbonyl (C=O) groups excluding carboxylic acids is 1. The van der Waals surface area contributed by atoms with Gasteiger partial charge < -0.3 is 0 Å². The molecule has 2 unspecified atom stereocenters. The van der Waals surface area contributed by atoms with Crippen molar-refractivity contribution in [1.29, 1.82) is 0 Å². The van der Waals surface area contributed by atoms with Crippen LogP contribution in [-0.2, 0) is 4.79 Å². The minimum absolute atomic E-state index is 0.140. The molecule has 1 aromatic rings. The van der Waals surface area contributed by atoms with Crippen molar-refractivity contribution in [3.8, 4) is 0 Å². The van der Waals surface area contributed by atoms with Gasteiger partial charge in [-0.15, -0.1) is 0 Å². The first kappa shape index (κ1) is 11.5. The number of benzene rings is 1. The number of carbonyl (C=O) groups is 1. The third kappa shape index (κ3) is 1.44. The molecule has 0 saturated heterocycles. The lowest BCUT2D eigenvalue weighted by Gasteiger charge is -2.40. The van der Waals surface area contributed by atoms with Crippen LogP contribution in [0.4, 0.5) is 0 Å². The summed E-state index contributed by atoms with van der Waals surface area (Å²) in [4.78, 5) is 12.5. The van der Waals surface area contributed by atoms with Gasteiger partial charge in [-0.3, -0.25) is 4.79 Å². The fraction of sp³-hybridized carbons (Fsp3) is 0.250. The van der Waals surface area contributed by atoms with Crippen molar-refractivity contribution in [1.82, 2.24) is 0 Å². The molecule has 0 amide bonds. The molecule has 4 aliphatic rings. The van der Waals surface area contributed by atoms with Gasteiger partial charge in [-0.1, -0.05) is 42.5 Å². The molecule has 102 valence electrons. The molecule has 4 aliphatic carbocycles. The predicted octanol–water partition coefficient (Wildman–Crippen LogP) is 2.42. The van der Waals surface area contributed by atoms with Crippen molar-refractivity contribution in [3.63, 3.8) is 0 Å². The van der Waals surface area contributed by atoms with Crippen molar-refractivity contribution >= 4 is 17.4 Å². The van der Waals surface area contributed by atoms with Gasteiger partial charge in [-0.25, -0.2) is 0 Å². The molecular formula is C20H16O. The first-order valence-electron chi connectivity index (χ1n) is 7.80. The van der Waals surface area contributed by atoms with Crippen LogP contribution in [0.2, 0.25) is 0 Å². The quantitative estimate of drug-likeness (QED) is 0.709. The summed E-state index contributed by atoms with van der Waals surface area (Å²) >= 11 is 0. The zero-order chi connectivity index (χ0) is 14.0. The van der Waals surface area contributed by atoms with Crippen LogP contribution < -0.4 is 10.4 Å². The largest absolute Gasteiger partial charge is 0.294 e. The summed E-state index contributed by atoms with van der Waals surface area (Å²) in [5.41, 5.74) is 5.42. The molecule has 0 fully saturated rings. The third-order valence-corrected chi connectivity index (χ3v) is 5.35. The fourth-order valence-electron chi connectivity index (χ4n) is 4.48. The van der Waals surface area contributed by atoms with Crippen molar-refractivity contribution in [2.45, 2.75) is 19.3 Å². The van der Waals surface area contributed by atoms with E-state index in [0.29, 0.717) is 11.7 Å². The van der Waals surface area contributed by atoms with Gasteiger partial charge in [0.05, 0.1) is 0 Å². The Morgan fingerprint density at radius 2 is 1.95 bits per heavy atom. The fourth-order valence-corrected chi connectivity index (χ4v) is 4.48. The summed E-state index contributed by atoms with van der Waals surface area (Å²) in [5.74, 6) is 0.794. The Bertz CT molecular complexity index is 892. The summed E-state index contributed by atoms with van der Waals surface area (Å²) in [7, 11) is 0. The Labute approximate surface area is 123 Å². The number of allylic oxidation sites excluding steroid dienone is 6. The Hall–Kier alpha value is -2.15. The first-order chi connectivity index (χ1) is 10.3. The lowest BCUT2D eigenvalue weighted by Crippen LogP contribution is -2.40. The van der Waals surface area contributed by atoms with Crippen LogP contribution in [0.25, 0.3) is 11.6 Å². The molecule has 2 atom stereocenters. The molecule has 0 aromatic heterocycles. The number of ketones is 1. The Morgan fingerprint density at radius 3 is 2.90 bits per heavy atom. The molecule has 1 nitrogen and oxygen atoms in total. The van der Waals surface area contributed by atoms with Gasteiger partial charge in [0, 0.05) is 11.8 Å². The van der Waals surface area contributed by atoms with Gasteiger partial charge >= 0.3 is 0 Å². The molecule has 0 radical (unpaired) electrons. The summed E-state index contributed by atoms with van der Waals surface area (Å²) < 4.78 is 0. The van der Waals surface area contributed by atoms with E-state index in [2.05, 4.69) is 42.5 Å². The molecule has 21 heavy (non-hydrogen) atoms. The average molecular weight is 272 g/mol. The van der Waals surface area contributed by atoms with E-state index in [0.717, 1.165) is 19.3 Å². The second-order valence-corrected chi connectivity index (χ2v) is 6.43. The maximum Gasteiger partial charge on any atom is 0.163 e. The Morgan fingerprint density at radius 1 is 1.05 bits per heavy atom. The summed E-state index contributed by atoms with van der Waals surface area (Å²) in [6, 6.07) is 8.54. The lowest BCUT2D eigenvalue weighted by atomic mass is 9.63. The Kier molecular flexibility index (Phi) is 2.16. The number of hydrogen-bond donors (Lipinski definition) is 0. The lowest BCUT2D eigenvalue weighted by molar-refractivity contribution is -0.118. The molecule has 0 bridgehead atoms. The number of hydrogen-bond acceptors (Lipinski definition) is 1. The molecule has 0 N–H and O–H groups in total. The molecule has 1 aromatic carbocycles. The normalized spacial score (nSPS) is 28.7. The zero-order valence-corrected chi connectivity index (χ0v) is 11.8. The van der Waals surface area contributed by atoms with Crippen LogP contribution in [0.3, 0.4) is 0 Å². The number of rotatable bonds is 0. The van der Waals surface area contributed by atoms with E-state index in [-0.39, 0.29) is 5.92 Å². The van der Waals surface area contributed by atoms with E-state index in [4.69, 9.17) is 0 Å². The van der Waals surface area contributed by atoms with Gasteiger partial charge in [0.2, 0.25) is 0 Å². The second-order valence-electron chi connectivity index (χ2n) is 6.43. The number of fused-ring (bicyclic) bond motifs is 1. The van der Waals surface area contributed by atoms with Crippen molar-refractivity contribution in [2.75, 3.05) is 0 Å². The Balaban J connectivity index is 1.91. The van der Waals surface area contributed by atoms with Gasteiger partial charge in [-0.2, -0.15) is 0 Å². The topological polar surface area (TPSA) is 17.1 Å². The van der Waals surface area contributed by atoms with Gasteiger partial charge in [0.15, 0.2) is 5.78 Å². The SMILES string of the molecule is O=C1C=C2C=c3ccccc3=C3C=CC4=C(C1CCC4)C23. The van der Waals surface area contributed by atoms with E-state index in [1.54, 1.807) is 0 Å². The van der Waals surface area contributed by atoms with Crippen LogP contribution in [0.1, 0.15) is 19.3 Å². The van der Waals surface area contributed by atoms with Crippen LogP contribution in [0.15, 0.2) is 59.2 Å². The minimum Gasteiger partial charge on any atom is -0.294 e. The first-order valence-corrected chi connectivity index (χ1v) is 7.80. The summed E-state index contributed by atoms with van der Waals surface area (Å²) in [6.07, 6.45) is 12.0. The molecule has 0 heterocycles. The van der Waals surface area contributed by atoms with Gasteiger partial charge in [0.1, 0.15) is 0 Å². The standard InChI is InChI=1S/C20H16O/c21-18-11-14-10-13-4-1-2-6-15(13)16-9-8-12-5-3-7-17(18)19(12)20(14)16/h1-2,4,6,8-11,17,20H,3,5,7H2. The molecular weight excluding hydrogens is 256 g/mol. The summed E-state index contributed by atoms with van der Waals surface area (Å²) in [5, 5.41) is 2.58. The van der Waals surface area contributed by atoms with E-state index >= 15 is 0 Å².